The molecule has 518 valence electrons. The van der Waals surface area contributed by atoms with Crippen molar-refractivity contribution in [3.05, 3.63) is 0 Å². The van der Waals surface area contributed by atoms with Crippen molar-refractivity contribution in [2.75, 3.05) is 52.8 Å². The molecule has 0 aromatic rings. The smallest absolute Gasteiger partial charge is 0.472 e. The highest BCUT2D eigenvalue weighted by molar-refractivity contribution is 7.47. The SMILES string of the molecule is CC(=O)N[C@H]1[C@@H](O[C@@H]2[C@@H](O[C@@H]3[C@H](O)[C@@H](O[C@H]4[C@@H]([C@H](O)CO)O[C@@](O)(C(=O)O)C[C@H]4O[C@]4(C(=O)O)C[C@@H](O)[C@@H](O)[C@@H]([C@H](O)CO)O4)O[C@H]([C@@H](O)CO)[C@H]3O[C@@H]3O[C@H](CO)[C@@H](O)[C@H](O)[C@H]3O)O[C@H]([C@H](CO)OP(=O)(O)OCCN)[C@@H](O)[C@@H]2O)O[C@H](CO)[C@@H](O)[C@@H]1O. The lowest BCUT2D eigenvalue weighted by Crippen LogP contribution is -2.71. The van der Waals surface area contributed by atoms with Gasteiger partial charge in [0.2, 0.25) is 5.91 Å². The summed E-state index contributed by atoms with van der Waals surface area (Å²) in [6.45, 7) is -8.04. The largest absolute Gasteiger partial charge is 0.477 e. The standard InChI is InChI=1S/C46H79N2O40P/c1-12(55)48-21-25(63)23(61)18(9-52)77-39(21)83-37-28(66)27(65)34(20(11-54)88-89(74,75)76-3-2-47)80-42(37)82-36-30(68)41(79-32(15(58)7-50)38(36)84-40-29(67)26(64)24(62)19(10-53)78-40)81-35-17(5-45(73,43(69)70)86-33(35)16(59)8-51)85-46(44(71)72)4-13(56)22(60)31(87-46)14(57)6-49/h13-42,49-54,56-68,73H,2-11,47H2,1H3,(H,48,55)(H,69,70)(H,71,72)(H,74,75)/t13-,14-,15+,16-,17-,18-,19-,20+,21-,22-,23-,24-,25-,26+,27+,28+,29-,30+,31-,32-,33-,34-,35-,36-,37+,38-,39-,40+,41-,42-,45-,46-/m1/s1. The van der Waals surface area contributed by atoms with Gasteiger partial charge in [0.15, 0.2) is 25.2 Å². The van der Waals surface area contributed by atoms with Crippen LogP contribution in [0.25, 0.3) is 0 Å². The molecule has 0 aliphatic carbocycles. The van der Waals surface area contributed by atoms with E-state index in [-0.39, 0.29) is 0 Å². The summed E-state index contributed by atoms with van der Waals surface area (Å²) in [6, 6.07) is -1.92. The minimum absolute atomic E-state index is 0.395. The maximum absolute atomic E-state index is 13.3. The lowest BCUT2D eigenvalue weighted by atomic mass is 9.89. The third-order valence-corrected chi connectivity index (χ3v) is 16.4. The number of aliphatic hydroxyl groups excluding tert-OH is 19. The molecule has 6 saturated heterocycles. The second kappa shape index (κ2) is 31.7. The Balaban J connectivity index is 1.55. The van der Waals surface area contributed by atoms with Crippen molar-refractivity contribution < 1.29 is 197 Å². The van der Waals surface area contributed by atoms with Gasteiger partial charge in [-0.3, -0.25) is 13.8 Å². The van der Waals surface area contributed by atoms with E-state index in [1.807, 2.05) is 0 Å². The summed E-state index contributed by atoms with van der Waals surface area (Å²) in [7, 11) is -5.37. The van der Waals surface area contributed by atoms with Crippen molar-refractivity contribution in [2.24, 2.45) is 5.73 Å². The molecule has 26 N–H and O–H groups in total. The quantitative estimate of drug-likeness (QED) is 0.0324. The molecule has 0 aromatic heterocycles. The van der Waals surface area contributed by atoms with Crippen molar-refractivity contribution in [1.82, 2.24) is 5.32 Å². The van der Waals surface area contributed by atoms with E-state index in [0.29, 0.717) is 0 Å². The van der Waals surface area contributed by atoms with E-state index in [0.717, 1.165) is 6.92 Å². The average Bonchev–Trinajstić information content (AvgIpc) is 0.944. The van der Waals surface area contributed by atoms with Crippen molar-refractivity contribution >= 4 is 25.7 Å². The topological polar surface area (TPSA) is 692 Å². The fourth-order valence-electron chi connectivity index (χ4n) is 10.7. The second-order valence-corrected chi connectivity index (χ2v) is 23.0. The highest BCUT2D eigenvalue weighted by atomic mass is 31.2. The van der Waals surface area contributed by atoms with Gasteiger partial charge in [-0.15, -0.1) is 0 Å². The minimum Gasteiger partial charge on any atom is -0.477 e. The van der Waals surface area contributed by atoms with Gasteiger partial charge in [0.25, 0.3) is 11.6 Å². The van der Waals surface area contributed by atoms with Gasteiger partial charge < -0.3 is 180 Å². The van der Waals surface area contributed by atoms with Gasteiger partial charge in [-0.2, -0.15) is 0 Å². The van der Waals surface area contributed by atoms with Crippen LogP contribution in [0.4, 0.5) is 0 Å². The molecule has 33 atom stereocenters. The summed E-state index contributed by atoms with van der Waals surface area (Å²) in [5.74, 6) is -12.6. The van der Waals surface area contributed by atoms with Gasteiger partial charge in [-0.25, -0.2) is 14.2 Å². The van der Waals surface area contributed by atoms with Gasteiger partial charge in [0.05, 0.1) is 58.5 Å². The predicted octanol–water partition coefficient (Wildman–Crippen LogP) is -15.4. The summed E-state index contributed by atoms with van der Waals surface area (Å²) in [5.41, 5.74) is 5.38. The first-order chi connectivity index (χ1) is 41.7. The Morgan fingerprint density at radius 2 is 1.10 bits per heavy atom. The van der Waals surface area contributed by atoms with Crippen LogP contribution in [0.15, 0.2) is 0 Å². The predicted molar refractivity (Wildman–Crippen MR) is 269 cm³/mol. The molecule has 0 saturated carbocycles. The third kappa shape index (κ3) is 16.7. The monoisotopic (exact) mass is 1330 g/mol. The summed E-state index contributed by atoms with van der Waals surface area (Å²) in [6.07, 6.45) is -72.2. The van der Waals surface area contributed by atoms with Gasteiger partial charge in [-0.05, 0) is 0 Å². The number of carboxylic acids is 2. The third-order valence-electron chi connectivity index (χ3n) is 15.3. The van der Waals surface area contributed by atoms with Crippen LogP contribution in [0.3, 0.4) is 0 Å². The maximum atomic E-state index is 13.3. The minimum atomic E-state index is -5.37. The van der Waals surface area contributed by atoms with Crippen molar-refractivity contribution in [2.45, 2.75) is 215 Å². The number of aliphatic hydroxyl groups is 20. The van der Waals surface area contributed by atoms with E-state index in [1.165, 1.54) is 0 Å². The molecular formula is C46H79N2O40P. The summed E-state index contributed by atoms with van der Waals surface area (Å²) in [5, 5.41) is 242. The van der Waals surface area contributed by atoms with Gasteiger partial charge in [-0.1, -0.05) is 0 Å². The Kier molecular flexibility index (Phi) is 26.8. The number of nitrogens with two attached hydrogens (primary N) is 1. The molecule has 89 heavy (non-hydrogen) atoms. The van der Waals surface area contributed by atoms with E-state index in [1.54, 1.807) is 0 Å². The first-order valence-corrected chi connectivity index (χ1v) is 28.8. The van der Waals surface area contributed by atoms with Crippen LogP contribution >= 0.6 is 7.82 Å². The fourth-order valence-corrected chi connectivity index (χ4v) is 11.6. The van der Waals surface area contributed by atoms with E-state index in [4.69, 9.17) is 66.9 Å². The molecule has 6 fully saturated rings. The number of nitrogens with one attached hydrogen (secondary N) is 1. The van der Waals surface area contributed by atoms with Crippen LogP contribution in [0, 0.1) is 0 Å². The summed E-state index contributed by atoms with van der Waals surface area (Å²) < 4.78 is 86.9. The van der Waals surface area contributed by atoms with E-state index in [2.05, 4.69) is 5.32 Å². The molecule has 6 aliphatic heterocycles. The molecule has 6 rings (SSSR count). The Morgan fingerprint density at radius 1 is 0.573 bits per heavy atom. The molecule has 0 bridgehead atoms. The lowest BCUT2D eigenvalue weighted by Gasteiger charge is -2.53. The summed E-state index contributed by atoms with van der Waals surface area (Å²) in [4.78, 5) is 49.0. The maximum Gasteiger partial charge on any atom is 0.472 e. The molecule has 6 aliphatic rings. The van der Waals surface area contributed by atoms with Gasteiger partial charge >= 0.3 is 19.8 Å². The number of aliphatic carboxylic acids is 2. The average molecular weight is 1330 g/mol. The molecule has 0 spiro atoms. The Labute approximate surface area is 501 Å². The van der Waals surface area contributed by atoms with Crippen molar-refractivity contribution in [1.29, 1.82) is 0 Å². The molecule has 1 unspecified atom stereocenters. The first-order valence-electron chi connectivity index (χ1n) is 27.3. The van der Waals surface area contributed by atoms with Crippen LogP contribution in [0.5, 0.6) is 0 Å². The number of carbonyl (C=O) groups excluding carboxylic acids is 1. The molecule has 0 aromatic carbocycles. The molecule has 43 heteroatoms. The van der Waals surface area contributed by atoms with E-state index >= 15 is 0 Å². The number of ether oxygens (including phenoxy) is 11. The molecular weight excluding hydrogens is 1250 g/mol. The number of carbonyl (C=O) groups is 3. The van der Waals surface area contributed by atoms with Gasteiger partial charge in [0, 0.05) is 26.3 Å². The lowest BCUT2D eigenvalue weighted by molar-refractivity contribution is -0.417. The summed E-state index contributed by atoms with van der Waals surface area (Å²) >= 11 is 0. The molecule has 42 nitrogen and oxygen atoms in total. The number of phosphoric ester groups is 1. The van der Waals surface area contributed by atoms with Crippen LogP contribution in [0.1, 0.15) is 19.8 Å². The van der Waals surface area contributed by atoms with Crippen LogP contribution in [-0.2, 0) is 80.1 Å². The second-order valence-electron chi connectivity index (χ2n) is 21.5. The Bertz CT molecular complexity index is 2330. The fraction of sp³-hybridized carbons (Fsp3) is 0.935. The van der Waals surface area contributed by atoms with Crippen LogP contribution in [-0.4, -0.2) is 383 Å². The van der Waals surface area contributed by atoms with Crippen molar-refractivity contribution in [3.8, 4) is 0 Å². The number of phosphoric acid groups is 1. The Hall–Kier alpha value is -2.76. The zero-order valence-electron chi connectivity index (χ0n) is 46.6. The van der Waals surface area contributed by atoms with Crippen LogP contribution < -0.4 is 11.1 Å². The number of amides is 1. The van der Waals surface area contributed by atoms with Crippen LogP contribution in [0.2, 0.25) is 0 Å². The molecule has 6 heterocycles. The zero-order chi connectivity index (χ0) is 66.5. The van der Waals surface area contributed by atoms with E-state index in [9.17, 15) is 136 Å². The van der Waals surface area contributed by atoms with Crippen molar-refractivity contribution in [3.63, 3.8) is 0 Å². The number of hydrogen-bond acceptors (Lipinski definition) is 38. The van der Waals surface area contributed by atoms with E-state index < -0.39 is 287 Å². The van der Waals surface area contributed by atoms with Gasteiger partial charge in [0.1, 0.15) is 146 Å². The highest BCUT2D eigenvalue weighted by Crippen LogP contribution is 2.47. The highest BCUT2D eigenvalue weighted by Gasteiger charge is 2.64. The Morgan fingerprint density at radius 3 is 1.65 bits per heavy atom. The first kappa shape index (κ1) is 75.3. The molecule has 1 amide bonds. The number of carboxylic acid groups (broad SMARTS) is 2. The molecule has 0 radical (unpaired) electrons. The number of hydrogen-bond donors (Lipinski definition) is 25. The zero-order valence-corrected chi connectivity index (χ0v) is 47.5. The normalized spacial score (nSPS) is 45.2. The number of rotatable bonds is 28.